The Hall–Kier alpha value is -1.02. The van der Waals surface area contributed by atoms with Gasteiger partial charge in [0.2, 0.25) is 0 Å². The molecule has 0 spiro atoms. The molecule has 98 valence electrons. The van der Waals surface area contributed by atoms with E-state index in [0.717, 1.165) is 25.0 Å². The number of likely N-dealkylation sites (tertiary alicyclic amines) is 1. The molecule has 18 heavy (non-hydrogen) atoms. The summed E-state index contributed by atoms with van der Waals surface area (Å²) in [6, 6.07) is 7.71. The van der Waals surface area contributed by atoms with Crippen LogP contribution in [-0.4, -0.2) is 24.0 Å². The molecule has 1 aromatic rings. The van der Waals surface area contributed by atoms with Crippen molar-refractivity contribution in [2.24, 2.45) is 5.92 Å². The lowest BCUT2D eigenvalue weighted by Gasteiger charge is -2.36. The number of fused-ring (bicyclic) bond motifs is 1. The third kappa shape index (κ3) is 2.39. The van der Waals surface area contributed by atoms with Gasteiger partial charge in [0.05, 0.1) is 0 Å². The van der Waals surface area contributed by atoms with Crippen molar-refractivity contribution < 1.29 is 0 Å². The summed E-state index contributed by atoms with van der Waals surface area (Å²) >= 11 is 0. The maximum Gasteiger partial charge on any atom is 0.0376 e. The lowest BCUT2D eigenvalue weighted by molar-refractivity contribution is 0.122. The minimum atomic E-state index is 0.731. The quantitative estimate of drug-likeness (QED) is 0.859. The summed E-state index contributed by atoms with van der Waals surface area (Å²) in [5.41, 5.74) is 4.31. The molecule has 3 rings (SSSR count). The van der Waals surface area contributed by atoms with Gasteiger partial charge in [-0.3, -0.25) is 4.90 Å². The fourth-order valence-corrected chi connectivity index (χ4v) is 3.36. The minimum absolute atomic E-state index is 0.731. The monoisotopic (exact) mass is 244 g/mol. The normalized spacial score (nSPS) is 27.9. The molecular weight excluding hydrogens is 220 g/mol. The number of nitrogens with one attached hydrogen (secondary N) is 1. The van der Waals surface area contributed by atoms with Crippen molar-refractivity contribution >= 4 is 5.69 Å². The van der Waals surface area contributed by atoms with Crippen LogP contribution in [0.1, 0.15) is 37.8 Å². The first-order valence-electron chi connectivity index (χ1n) is 7.32. The van der Waals surface area contributed by atoms with E-state index in [2.05, 4.69) is 42.3 Å². The Labute approximate surface area is 110 Å². The first-order valence-corrected chi connectivity index (χ1v) is 7.32. The maximum absolute atomic E-state index is 3.48. The Morgan fingerprint density at radius 3 is 3.06 bits per heavy atom. The molecule has 0 amide bonds. The third-order valence-corrected chi connectivity index (χ3v) is 4.55. The first kappa shape index (κ1) is 12.0. The van der Waals surface area contributed by atoms with Crippen LogP contribution in [0.15, 0.2) is 18.2 Å². The second kappa shape index (κ2) is 4.93. The number of rotatable bonds is 2. The molecule has 0 bridgehead atoms. The Balaban J connectivity index is 1.69. The topological polar surface area (TPSA) is 15.3 Å². The SMILES string of the molecule is CC1CCN(Cc2ccc3c(c2)NCC3)C(C)C1. The van der Waals surface area contributed by atoms with Gasteiger partial charge in [-0.2, -0.15) is 0 Å². The highest BCUT2D eigenvalue weighted by Crippen LogP contribution is 2.27. The number of benzene rings is 1. The van der Waals surface area contributed by atoms with Gasteiger partial charge >= 0.3 is 0 Å². The molecule has 2 nitrogen and oxygen atoms in total. The summed E-state index contributed by atoms with van der Waals surface area (Å²) in [5, 5.41) is 3.48. The molecule has 1 fully saturated rings. The zero-order valence-corrected chi connectivity index (χ0v) is 11.6. The van der Waals surface area contributed by atoms with Crippen molar-refractivity contribution in [1.82, 2.24) is 4.90 Å². The molecule has 1 N–H and O–H groups in total. The molecule has 0 aromatic heterocycles. The van der Waals surface area contributed by atoms with Crippen LogP contribution < -0.4 is 5.32 Å². The molecule has 1 aromatic carbocycles. The van der Waals surface area contributed by atoms with Gasteiger partial charge in [0, 0.05) is 24.8 Å². The van der Waals surface area contributed by atoms with Gasteiger partial charge in [-0.25, -0.2) is 0 Å². The maximum atomic E-state index is 3.48. The van der Waals surface area contributed by atoms with Crippen molar-refractivity contribution in [1.29, 1.82) is 0 Å². The number of hydrogen-bond acceptors (Lipinski definition) is 2. The van der Waals surface area contributed by atoms with Crippen molar-refractivity contribution in [3.8, 4) is 0 Å². The smallest absolute Gasteiger partial charge is 0.0376 e. The standard InChI is InChI=1S/C16H24N2/c1-12-6-8-18(13(2)9-12)11-14-3-4-15-5-7-17-16(15)10-14/h3-4,10,12-13,17H,5-9,11H2,1-2H3. The van der Waals surface area contributed by atoms with E-state index in [1.165, 1.54) is 42.6 Å². The molecule has 2 atom stereocenters. The molecule has 2 aliphatic heterocycles. The summed E-state index contributed by atoms with van der Waals surface area (Å²) in [6.45, 7) is 8.24. The van der Waals surface area contributed by atoms with E-state index < -0.39 is 0 Å². The van der Waals surface area contributed by atoms with Crippen LogP contribution in [0.5, 0.6) is 0 Å². The van der Waals surface area contributed by atoms with E-state index in [4.69, 9.17) is 0 Å². The van der Waals surface area contributed by atoms with Crippen LogP contribution in [-0.2, 0) is 13.0 Å². The molecule has 1 saturated heterocycles. The van der Waals surface area contributed by atoms with Crippen molar-refractivity contribution in [3.63, 3.8) is 0 Å². The predicted octanol–water partition coefficient (Wildman–Crippen LogP) is 3.28. The summed E-state index contributed by atoms with van der Waals surface area (Å²) in [4.78, 5) is 2.64. The van der Waals surface area contributed by atoms with Crippen molar-refractivity contribution in [2.75, 3.05) is 18.4 Å². The number of nitrogens with zero attached hydrogens (tertiary/aromatic N) is 1. The number of piperidine rings is 1. The Morgan fingerprint density at radius 1 is 1.33 bits per heavy atom. The molecule has 2 aliphatic rings. The molecule has 2 heterocycles. The number of anilines is 1. The molecule has 2 unspecified atom stereocenters. The van der Waals surface area contributed by atoms with Crippen molar-refractivity contribution in [3.05, 3.63) is 29.3 Å². The van der Waals surface area contributed by atoms with E-state index in [-0.39, 0.29) is 0 Å². The Morgan fingerprint density at radius 2 is 2.22 bits per heavy atom. The van der Waals surface area contributed by atoms with Gasteiger partial charge in [0.15, 0.2) is 0 Å². The highest BCUT2D eigenvalue weighted by Gasteiger charge is 2.23. The molecule has 0 radical (unpaired) electrons. The lowest BCUT2D eigenvalue weighted by atomic mass is 9.93. The average molecular weight is 244 g/mol. The summed E-state index contributed by atoms with van der Waals surface area (Å²) < 4.78 is 0. The van der Waals surface area contributed by atoms with Gasteiger partial charge in [-0.15, -0.1) is 0 Å². The van der Waals surface area contributed by atoms with E-state index in [9.17, 15) is 0 Å². The summed E-state index contributed by atoms with van der Waals surface area (Å²) in [5.74, 6) is 0.901. The third-order valence-electron chi connectivity index (χ3n) is 4.55. The van der Waals surface area contributed by atoms with Gasteiger partial charge in [-0.1, -0.05) is 19.1 Å². The van der Waals surface area contributed by atoms with Crippen LogP contribution in [0, 0.1) is 5.92 Å². The molecule has 0 aliphatic carbocycles. The molecular formula is C16H24N2. The molecule has 0 saturated carbocycles. The van der Waals surface area contributed by atoms with Gasteiger partial charge in [0.1, 0.15) is 0 Å². The van der Waals surface area contributed by atoms with Gasteiger partial charge < -0.3 is 5.32 Å². The fraction of sp³-hybridized carbons (Fsp3) is 0.625. The largest absolute Gasteiger partial charge is 0.384 e. The summed E-state index contributed by atoms with van der Waals surface area (Å²) in [6.07, 6.45) is 3.89. The zero-order valence-electron chi connectivity index (χ0n) is 11.6. The van der Waals surface area contributed by atoms with E-state index in [0.29, 0.717) is 0 Å². The molecule has 2 heteroatoms. The van der Waals surface area contributed by atoms with Crippen LogP contribution >= 0.6 is 0 Å². The van der Waals surface area contributed by atoms with Crippen LogP contribution in [0.2, 0.25) is 0 Å². The highest BCUT2D eigenvalue weighted by molar-refractivity contribution is 5.57. The Bertz CT molecular complexity index is 427. The minimum Gasteiger partial charge on any atom is -0.384 e. The lowest BCUT2D eigenvalue weighted by Crippen LogP contribution is -2.39. The fourth-order valence-electron chi connectivity index (χ4n) is 3.36. The average Bonchev–Trinajstić information content (AvgIpc) is 2.80. The predicted molar refractivity (Wildman–Crippen MR) is 76.9 cm³/mol. The highest BCUT2D eigenvalue weighted by atomic mass is 15.2. The van der Waals surface area contributed by atoms with Crippen LogP contribution in [0.3, 0.4) is 0 Å². The second-order valence-corrected chi connectivity index (χ2v) is 6.12. The summed E-state index contributed by atoms with van der Waals surface area (Å²) in [7, 11) is 0. The van der Waals surface area contributed by atoms with Gasteiger partial charge in [0.25, 0.3) is 0 Å². The van der Waals surface area contributed by atoms with E-state index in [1.54, 1.807) is 0 Å². The first-order chi connectivity index (χ1) is 8.72. The number of hydrogen-bond donors (Lipinski definition) is 1. The Kier molecular flexibility index (Phi) is 3.29. The van der Waals surface area contributed by atoms with Gasteiger partial charge in [-0.05, 0) is 55.8 Å². The van der Waals surface area contributed by atoms with Crippen LogP contribution in [0.4, 0.5) is 5.69 Å². The van der Waals surface area contributed by atoms with Crippen molar-refractivity contribution in [2.45, 2.75) is 45.7 Å². The zero-order chi connectivity index (χ0) is 12.5. The van der Waals surface area contributed by atoms with Crippen LogP contribution in [0.25, 0.3) is 0 Å². The van der Waals surface area contributed by atoms with E-state index >= 15 is 0 Å². The van der Waals surface area contributed by atoms with E-state index in [1.807, 2.05) is 0 Å². The second-order valence-electron chi connectivity index (χ2n) is 6.12.